The molecule has 0 aliphatic carbocycles. The normalized spacial score (nSPS) is 13.0. The molecule has 0 spiro atoms. The summed E-state index contributed by atoms with van der Waals surface area (Å²) < 4.78 is 53.9. The molecule has 2 nitrogen and oxygen atoms in total. The van der Waals surface area contributed by atoms with Crippen LogP contribution in [0.5, 0.6) is 5.75 Å². The van der Waals surface area contributed by atoms with E-state index in [4.69, 9.17) is 11.6 Å². The Morgan fingerprint density at radius 3 is 2.33 bits per heavy atom. The fourth-order valence-corrected chi connectivity index (χ4v) is 2.09. The molecule has 0 bridgehead atoms. The highest BCUT2D eigenvalue weighted by atomic mass is 35.5. The zero-order valence-electron chi connectivity index (χ0n) is 10.4. The van der Waals surface area contributed by atoms with Gasteiger partial charge in [0.25, 0.3) is 0 Å². The van der Waals surface area contributed by atoms with E-state index in [-0.39, 0.29) is 16.1 Å². The SMILES string of the molecule is OC(c1ccc(F)cc1Cl)c1ccccc1OC(F)(F)F. The Morgan fingerprint density at radius 1 is 1.05 bits per heavy atom. The number of halogens is 5. The third-order valence-corrected chi connectivity index (χ3v) is 3.02. The molecule has 112 valence electrons. The van der Waals surface area contributed by atoms with Gasteiger partial charge in [-0.3, -0.25) is 0 Å². The second kappa shape index (κ2) is 5.91. The summed E-state index contributed by atoms with van der Waals surface area (Å²) in [5.74, 6) is -1.16. The van der Waals surface area contributed by atoms with Crippen LogP contribution in [0.15, 0.2) is 42.5 Å². The Labute approximate surface area is 122 Å². The molecule has 0 aliphatic rings. The Bertz CT molecular complexity index is 643. The Morgan fingerprint density at radius 2 is 1.71 bits per heavy atom. The van der Waals surface area contributed by atoms with E-state index < -0.39 is 24.0 Å². The van der Waals surface area contributed by atoms with Crippen LogP contribution in [-0.4, -0.2) is 11.5 Å². The number of hydrogen-bond acceptors (Lipinski definition) is 2. The first-order chi connectivity index (χ1) is 9.78. The molecular formula is C14H9ClF4O2. The summed E-state index contributed by atoms with van der Waals surface area (Å²) >= 11 is 5.80. The minimum absolute atomic E-state index is 0.0799. The molecule has 1 unspecified atom stereocenters. The molecule has 2 rings (SSSR count). The van der Waals surface area contributed by atoms with Crippen LogP contribution in [-0.2, 0) is 0 Å². The second-order valence-electron chi connectivity index (χ2n) is 4.15. The van der Waals surface area contributed by atoms with Crippen molar-refractivity contribution >= 4 is 11.6 Å². The van der Waals surface area contributed by atoms with Crippen molar-refractivity contribution in [2.24, 2.45) is 0 Å². The van der Waals surface area contributed by atoms with Crippen molar-refractivity contribution in [2.45, 2.75) is 12.5 Å². The Hall–Kier alpha value is -1.79. The van der Waals surface area contributed by atoms with Gasteiger partial charge < -0.3 is 9.84 Å². The van der Waals surface area contributed by atoms with E-state index in [9.17, 15) is 22.7 Å². The lowest BCUT2D eigenvalue weighted by atomic mass is 10.0. The summed E-state index contributed by atoms with van der Waals surface area (Å²) in [6.45, 7) is 0. The van der Waals surface area contributed by atoms with Crippen molar-refractivity contribution in [3.05, 3.63) is 64.4 Å². The molecule has 0 aliphatic heterocycles. The predicted molar refractivity (Wildman–Crippen MR) is 68.6 cm³/mol. The lowest BCUT2D eigenvalue weighted by Gasteiger charge is -2.18. The number of para-hydroxylation sites is 1. The summed E-state index contributed by atoms with van der Waals surface area (Å²) in [6.07, 6.45) is -6.36. The first kappa shape index (κ1) is 15.6. The zero-order valence-corrected chi connectivity index (χ0v) is 11.1. The lowest BCUT2D eigenvalue weighted by molar-refractivity contribution is -0.275. The van der Waals surface area contributed by atoms with Crippen LogP contribution in [0.3, 0.4) is 0 Å². The first-order valence-electron chi connectivity index (χ1n) is 5.75. The maximum atomic E-state index is 13.0. The van der Waals surface area contributed by atoms with Gasteiger partial charge in [-0.15, -0.1) is 13.2 Å². The van der Waals surface area contributed by atoms with E-state index in [0.717, 1.165) is 18.2 Å². The highest BCUT2D eigenvalue weighted by Gasteiger charge is 2.33. The van der Waals surface area contributed by atoms with Crippen LogP contribution >= 0.6 is 11.6 Å². The number of ether oxygens (including phenoxy) is 1. The van der Waals surface area contributed by atoms with Gasteiger partial charge in [-0.1, -0.05) is 35.9 Å². The summed E-state index contributed by atoms with van der Waals surface area (Å²) in [6, 6.07) is 8.34. The van der Waals surface area contributed by atoms with Gasteiger partial charge in [0.05, 0.1) is 0 Å². The van der Waals surface area contributed by atoms with Crippen molar-refractivity contribution in [2.75, 3.05) is 0 Å². The van der Waals surface area contributed by atoms with E-state index in [0.29, 0.717) is 0 Å². The number of alkyl halides is 3. The van der Waals surface area contributed by atoms with Gasteiger partial charge in [-0.05, 0) is 18.2 Å². The highest BCUT2D eigenvalue weighted by molar-refractivity contribution is 6.31. The Balaban J connectivity index is 2.41. The molecule has 1 atom stereocenters. The number of rotatable bonds is 3. The molecule has 0 radical (unpaired) electrons. The quantitative estimate of drug-likeness (QED) is 0.846. The second-order valence-corrected chi connectivity index (χ2v) is 4.56. The van der Waals surface area contributed by atoms with Crippen LogP contribution in [0.1, 0.15) is 17.2 Å². The molecule has 0 heterocycles. The van der Waals surface area contributed by atoms with E-state index in [1.165, 1.54) is 24.3 Å². The van der Waals surface area contributed by atoms with E-state index in [1.54, 1.807) is 0 Å². The highest BCUT2D eigenvalue weighted by Crippen LogP contribution is 2.35. The zero-order chi connectivity index (χ0) is 15.6. The molecule has 0 amide bonds. The summed E-state index contributed by atoms with van der Waals surface area (Å²) in [5, 5.41) is 10.1. The summed E-state index contributed by atoms with van der Waals surface area (Å²) in [5.41, 5.74) is -0.0420. The minimum Gasteiger partial charge on any atom is -0.405 e. The standard InChI is InChI=1S/C14H9ClF4O2/c15-11-7-8(16)5-6-9(11)13(20)10-3-1-2-4-12(10)21-14(17,18)19/h1-7,13,20H. The maximum Gasteiger partial charge on any atom is 0.573 e. The van der Waals surface area contributed by atoms with Gasteiger partial charge in [0, 0.05) is 16.1 Å². The third kappa shape index (κ3) is 3.86. The van der Waals surface area contributed by atoms with Crippen molar-refractivity contribution in [1.82, 2.24) is 0 Å². The van der Waals surface area contributed by atoms with Gasteiger partial charge in [0.2, 0.25) is 0 Å². The molecule has 0 saturated heterocycles. The van der Waals surface area contributed by atoms with E-state index in [1.807, 2.05) is 0 Å². The molecule has 2 aromatic carbocycles. The average Bonchev–Trinajstić information content (AvgIpc) is 2.36. The molecule has 2 aromatic rings. The van der Waals surface area contributed by atoms with Gasteiger partial charge in [-0.25, -0.2) is 4.39 Å². The topological polar surface area (TPSA) is 29.5 Å². The fourth-order valence-electron chi connectivity index (χ4n) is 1.81. The molecule has 0 fully saturated rings. The van der Waals surface area contributed by atoms with Gasteiger partial charge in [0.1, 0.15) is 17.7 Å². The van der Waals surface area contributed by atoms with Crippen LogP contribution in [0.2, 0.25) is 5.02 Å². The smallest absolute Gasteiger partial charge is 0.405 e. The van der Waals surface area contributed by atoms with Gasteiger partial charge >= 0.3 is 6.36 Å². The summed E-state index contributed by atoms with van der Waals surface area (Å²) in [4.78, 5) is 0. The van der Waals surface area contributed by atoms with Crippen molar-refractivity contribution in [3.63, 3.8) is 0 Å². The fraction of sp³-hybridized carbons (Fsp3) is 0.143. The maximum absolute atomic E-state index is 13.0. The number of benzene rings is 2. The Kier molecular flexibility index (Phi) is 4.39. The molecule has 0 saturated carbocycles. The van der Waals surface area contributed by atoms with Crippen LogP contribution in [0.25, 0.3) is 0 Å². The molecule has 21 heavy (non-hydrogen) atoms. The third-order valence-electron chi connectivity index (χ3n) is 2.70. The minimum atomic E-state index is -4.89. The molecular weight excluding hydrogens is 312 g/mol. The van der Waals surface area contributed by atoms with Crippen LogP contribution in [0.4, 0.5) is 17.6 Å². The monoisotopic (exact) mass is 320 g/mol. The van der Waals surface area contributed by atoms with Crippen molar-refractivity contribution < 1.29 is 27.4 Å². The predicted octanol–water partition coefficient (Wildman–Crippen LogP) is 4.46. The van der Waals surface area contributed by atoms with E-state index in [2.05, 4.69) is 4.74 Å². The number of hydrogen-bond donors (Lipinski definition) is 1. The lowest BCUT2D eigenvalue weighted by Crippen LogP contribution is -2.19. The average molecular weight is 321 g/mol. The number of aliphatic hydroxyl groups excluding tert-OH is 1. The van der Waals surface area contributed by atoms with Crippen molar-refractivity contribution in [3.8, 4) is 5.75 Å². The van der Waals surface area contributed by atoms with Crippen LogP contribution < -0.4 is 4.74 Å². The van der Waals surface area contributed by atoms with Crippen molar-refractivity contribution in [1.29, 1.82) is 0 Å². The first-order valence-corrected chi connectivity index (χ1v) is 6.13. The van der Waals surface area contributed by atoms with Crippen LogP contribution in [0, 0.1) is 5.82 Å². The largest absolute Gasteiger partial charge is 0.573 e. The van der Waals surface area contributed by atoms with E-state index >= 15 is 0 Å². The molecule has 1 N–H and O–H groups in total. The van der Waals surface area contributed by atoms with Gasteiger partial charge in [0.15, 0.2) is 0 Å². The summed E-state index contributed by atoms with van der Waals surface area (Å²) in [7, 11) is 0. The van der Waals surface area contributed by atoms with Gasteiger partial charge in [-0.2, -0.15) is 0 Å². The molecule has 0 aromatic heterocycles. The number of aliphatic hydroxyl groups is 1. The molecule has 7 heteroatoms.